The number of hydrogen-bond donors (Lipinski definition) is 1. The van der Waals surface area contributed by atoms with Crippen LogP contribution < -0.4 is 0 Å². The highest BCUT2D eigenvalue weighted by Crippen LogP contribution is 2.50. The fourth-order valence-corrected chi connectivity index (χ4v) is 2.86. The van der Waals surface area contributed by atoms with Crippen molar-refractivity contribution in [1.29, 1.82) is 0 Å². The van der Waals surface area contributed by atoms with Crippen LogP contribution in [0.2, 0.25) is 0 Å². The van der Waals surface area contributed by atoms with Gasteiger partial charge in [0.1, 0.15) is 0 Å². The van der Waals surface area contributed by atoms with Crippen molar-refractivity contribution in [2.45, 2.75) is 83.4 Å². The van der Waals surface area contributed by atoms with E-state index < -0.39 is 41.4 Å². The Morgan fingerprint density at radius 3 is 1.84 bits per heavy atom. The van der Waals surface area contributed by atoms with Crippen LogP contribution in [0.4, 0.5) is 26.3 Å². The molecule has 0 saturated heterocycles. The average Bonchev–Trinajstić information content (AvgIpc) is 2.50. The molecule has 25 heavy (non-hydrogen) atoms. The zero-order chi connectivity index (χ0) is 19.7. The summed E-state index contributed by atoms with van der Waals surface area (Å²) in [5.74, 6) is -2.39. The maximum atomic E-state index is 13.3. The summed E-state index contributed by atoms with van der Waals surface area (Å²) in [6.45, 7) is 4.30. The van der Waals surface area contributed by atoms with Crippen LogP contribution in [0.25, 0.3) is 0 Å². The molecular weight excluding hydrogens is 354 g/mol. The normalized spacial score (nSPS) is 19.6. The van der Waals surface area contributed by atoms with Crippen LogP contribution in [-0.2, 0) is 9.53 Å². The van der Waals surface area contributed by atoms with Gasteiger partial charge in [-0.15, -0.1) is 0 Å². The summed E-state index contributed by atoms with van der Waals surface area (Å²) in [6, 6.07) is 0. The van der Waals surface area contributed by atoms with Gasteiger partial charge in [0.25, 0.3) is 5.60 Å². The van der Waals surface area contributed by atoms with Crippen molar-refractivity contribution in [1.82, 2.24) is 0 Å². The SMILES string of the molecule is CCC(C)(C)C(=O)OC(C1CCCCC1)C(O)(C(F)(F)F)C(F)(F)F. The van der Waals surface area contributed by atoms with Crippen LogP contribution in [0, 0.1) is 11.3 Å². The van der Waals surface area contributed by atoms with E-state index in [1.807, 2.05) is 0 Å². The van der Waals surface area contributed by atoms with E-state index in [1.165, 1.54) is 13.8 Å². The molecule has 0 radical (unpaired) electrons. The van der Waals surface area contributed by atoms with Crippen LogP contribution in [0.15, 0.2) is 0 Å². The minimum Gasteiger partial charge on any atom is -0.458 e. The van der Waals surface area contributed by atoms with Gasteiger partial charge in [-0.05, 0) is 39.0 Å². The molecule has 0 heterocycles. The van der Waals surface area contributed by atoms with Crippen molar-refractivity contribution in [3.8, 4) is 0 Å². The maximum absolute atomic E-state index is 13.3. The summed E-state index contributed by atoms with van der Waals surface area (Å²) in [4.78, 5) is 12.2. The quantitative estimate of drug-likeness (QED) is 0.554. The summed E-state index contributed by atoms with van der Waals surface area (Å²) in [6.07, 6.45) is -13.0. The fraction of sp³-hybridized carbons (Fsp3) is 0.938. The van der Waals surface area contributed by atoms with E-state index in [0.29, 0.717) is 19.3 Å². The lowest BCUT2D eigenvalue weighted by atomic mass is 9.77. The topological polar surface area (TPSA) is 46.5 Å². The largest absolute Gasteiger partial charge is 0.458 e. The van der Waals surface area contributed by atoms with Gasteiger partial charge in [-0.3, -0.25) is 4.79 Å². The van der Waals surface area contributed by atoms with Gasteiger partial charge in [-0.25, -0.2) is 0 Å². The first-order chi connectivity index (χ1) is 11.2. The van der Waals surface area contributed by atoms with Crippen LogP contribution in [0.5, 0.6) is 0 Å². The summed E-state index contributed by atoms with van der Waals surface area (Å²) in [5.41, 5.74) is -6.35. The molecule has 9 heteroatoms. The fourth-order valence-electron chi connectivity index (χ4n) is 2.86. The Morgan fingerprint density at radius 1 is 1.04 bits per heavy atom. The molecule has 3 nitrogen and oxygen atoms in total. The summed E-state index contributed by atoms with van der Waals surface area (Å²) < 4.78 is 84.4. The van der Waals surface area contributed by atoms with Crippen molar-refractivity contribution in [2.24, 2.45) is 11.3 Å². The van der Waals surface area contributed by atoms with Gasteiger partial charge in [-0.2, -0.15) is 26.3 Å². The Morgan fingerprint density at radius 2 is 1.48 bits per heavy atom. The van der Waals surface area contributed by atoms with E-state index in [2.05, 4.69) is 0 Å². The van der Waals surface area contributed by atoms with Gasteiger partial charge >= 0.3 is 18.3 Å². The molecule has 0 spiro atoms. The van der Waals surface area contributed by atoms with Crippen LogP contribution >= 0.6 is 0 Å². The van der Waals surface area contributed by atoms with E-state index in [4.69, 9.17) is 4.74 Å². The van der Waals surface area contributed by atoms with Gasteiger partial charge < -0.3 is 9.84 Å². The molecule has 0 amide bonds. The molecule has 1 aliphatic rings. The number of rotatable bonds is 5. The Bertz CT molecular complexity index is 449. The number of halogens is 6. The van der Waals surface area contributed by atoms with Crippen molar-refractivity contribution < 1.29 is 41.0 Å². The van der Waals surface area contributed by atoms with E-state index in [0.717, 1.165) is 0 Å². The summed E-state index contributed by atoms with van der Waals surface area (Å²) >= 11 is 0. The number of alkyl halides is 6. The predicted molar refractivity (Wildman–Crippen MR) is 77.6 cm³/mol. The van der Waals surface area contributed by atoms with Gasteiger partial charge in [-0.1, -0.05) is 26.2 Å². The summed E-state index contributed by atoms with van der Waals surface area (Å²) in [7, 11) is 0. The third-order valence-corrected chi connectivity index (χ3v) is 5.02. The predicted octanol–water partition coefficient (Wildman–Crippen LogP) is 4.77. The smallest absolute Gasteiger partial charge is 0.430 e. The van der Waals surface area contributed by atoms with Gasteiger partial charge in [0.2, 0.25) is 0 Å². The van der Waals surface area contributed by atoms with E-state index in [1.54, 1.807) is 6.92 Å². The number of hydrogen-bond acceptors (Lipinski definition) is 3. The monoisotopic (exact) mass is 378 g/mol. The minimum atomic E-state index is -6.02. The molecule has 148 valence electrons. The third kappa shape index (κ3) is 4.41. The molecule has 1 aliphatic carbocycles. The Balaban J connectivity index is 3.35. The second-order valence-electron chi connectivity index (χ2n) is 7.22. The molecule has 0 aromatic heterocycles. The molecule has 0 aromatic carbocycles. The number of carbonyl (C=O) groups excluding carboxylic acids is 1. The van der Waals surface area contributed by atoms with E-state index >= 15 is 0 Å². The molecule has 1 saturated carbocycles. The van der Waals surface area contributed by atoms with E-state index in [9.17, 15) is 36.2 Å². The Kier molecular flexibility index (Phi) is 6.46. The zero-order valence-electron chi connectivity index (χ0n) is 14.4. The first-order valence-electron chi connectivity index (χ1n) is 8.25. The van der Waals surface area contributed by atoms with E-state index in [-0.39, 0.29) is 19.3 Å². The zero-order valence-corrected chi connectivity index (χ0v) is 14.4. The Labute approximate surface area is 142 Å². The molecule has 0 aliphatic heterocycles. The van der Waals surface area contributed by atoms with Gasteiger partial charge in [0, 0.05) is 0 Å². The number of esters is 1. The number of aliphatic hydroxyl groups is 1. The second-order valence-corrected chi connectivity index (χ2v) is 7.22. The molecule has 1 atom stereocenters. The first kappa shape index (κ1) is 22.1. The summed E-state index contributed by atoms with van der Waals surface area (Å²) in [5, 5.41) is 9.76. The van der Waals surface area contributed by atoms with Crippen molar-refractivity contribution in [3.63, 3.8) is 0 Å². The molecule has 1 rings (SSSR count). The molecule has 1 fully saturated rings. The molecule has 1 unspecified atom stereocenters. The number of carbonyl (C=O) groups is 1. The molecule has 0 aromatic rings. The Hall–Kier alpha value is -0.990. The van der Waals surface area contributed by atoms with Crippen molar-refractivity contribution >= 4 is 5.97 Å². The van der Waals surface area contributed by atoms with Gasteiger partial charge in [0.05, 0.1) is 5.41 Å². The molecular formula is C16H24F6O3. The number of ether oxygens (including phenoxy) is 1. The lowest BCUT2D eigenvalue weighted by molar-refractivity contribution is -0.397. The standard InChI is InChI=1S/C16H24F6O3/c1-4-13(2,3)12(23)25-11(10-8-6-5-7-9-10)14(24,15(17,18)19)16(20,21)22/h10-11,24H,4-9H2,1-3H3. The van der Waals surface area contributed by atoms with Crippen LogP contribution in [0.1, 0.15) is 59.3 Å². The second kappa shape index (κ2) is 7.32. The first-order valence-corrected chi connectivity index (χ1v) is 8.25. The lowest BCUT2D eigenvalue weighted by Crippen LogP contribution is -2.67. The van der Waals surface area contributed by atoms with Gasteiger partial charge in [0.15, 0.2) is 6.10 Å². The third-order valence-electron chi connectivity index (χ3n) is 5.02. The molecule has 0 bridgehead atoms. The van der Waals surface area contributed by atoms with Crippen LogP contribution in [-0.4, -0.2) is 35.1 Å². The maximum Gasteiger partial charge on any atom is 0.430 e. The van der Waals surface area contributed by atoms with Crippen LogP contribution in [0.3, 0.4) is 0 Å². The highest BCUT2D eigenvalue weighted by molar-refractivity contribution is 5.76. The lowest BCUT2D eigenvalue weighted by Gasteiger charge is -2.43. The highest BCUT2D eigenvalue weighted by atomic mass is 19.4. The molecule has 1 N–H and O–H groups in total. The highest BCUT2D eigenvalue weighted by Gasteiger charge is 2.76. The minimum absolute atomic E-state index is 0.0268. The van der Waals surface area contributed by atoms with Crippen molar-refractivity contribution in [3.05, 3.63) is 0 Å². The van der Waals surface area contributed by atoms with Crippen molar-refractivity contribution in [2.75, 3.05) is 0 Å². The average molecular weight is 378 g/mol.